The first kappa shape index (κ1) is 13.9. The highest BCUT2D eigenvalue weighted by atomic mass is 16.5. The second-order valence-corrected chi connectivity index (χ2v) is 5.82. The number of hydrogen-bond acceptors (Lipinski definition) is 3. The minimum atomic E-state index is -0.114. The van der Waals surface area contributed by atoms with E-state index in [4.69, 9.17) is 4.74 Å². The third-order valence-electron chi connectivity index (χ3n) is 3.86. The molecule has 1 aliphatic rings. The molecule has 2 aromatic rings. The van der Waals surface area contributed by atoms with Crippen molar-refractivity contribution in [2.24, 2.45) is 0 Å². The number of rotatable bonds is 3. The normalized spacial score (nSPS) is 25.7. The number of nitrogens with one attached hydrogen (secondary N) is 3. The van der Waals surface area contributed by atoms with E-state index in [0.29, 0.717) is 18.2 Å². The van der Waals surface area contributed by atoms with E-state index in [-0.39, 0.29) is 5.56 Å². The van der Waals surface area contributed by atoms with Crippen molar-refractivity contribution >= 4 is 5.69 Å². The lowest BCUT2D eigenvalue weighted by atomic mass is 9.99. The predicted molar refractivity (Wildman–Crippen MR) is 83.5 cm³/mol. The molecule has 1 saturated heterocycles. The van der Waals surface area contributed by atoms with Gasteiger partial charge in [0, 0.05) is 17.8 Å². The fourth-order valence-electron chi connectivity index (χ4n) is 2.99. The molecule has 0 saturated carbocycles. The molecule has 0 aliphatic carbocycles. The third kappa shape index (κ3) is 3.36. The summed E-state index contributed by atoms with van der Waals surface area (Å²) in [7, 11) is 0. The van der Waals surface area contributed by atoms with E-state index in [1.165, 1.54) is 0 Å². The van der Waals surface area contributed by atoms with E-state index in [2.05, 4.69) is 29.4 Å². The summed E-state index contributed by atoms with van der Waals surface area (Å²) in [5.74, 6) is 0. The molecule has 3 N–H and O–H groups in total. The molecule has 1 aromatic carbocycles. The molecule has 2 atom stereocenters. The van der Waals surface area contributed by atoms with Gasteiger partial charge in [-0.25, -0.2) is 0 Å². The van der Waals surface area contributed by atoms with Gasteiger partial charge >= 0.3 is 0 Å². The molecule has 2 heterocycles. The van der Waals surface area contributed by atoms with Crippen LogP contribution in [0.1, 0.15) is 26.7 Å². The summed E-state index contributed by atoms with van der Waals surface area (Å²) >= 11 is 0. The van der Waals surface area contributed by atoms with Gasteiger partial charge in [-0.3, -0.25) is 15.0 Å². The second kappa shape index (κ2) is 5.77. The number of aromatic nitrogens is 2. The summed E-state index contributed by atoms with van der Waals surface area (Å²) in [5, 5.41) is 8.97. The van der Waals surface area contributed by atoms with Crippen molar-refractivity contribution in [2.45, 2.75) is 44.9 Å². The van der Waals surface area contributed by atoms with E-state index in [9.17, 15) is 4.79 Å². The van der Waals surface area contributed by atoms with Crippen LogP contribution in [0.2, 0.25) is 0 Å². The average Bonchev–Trinajstić information content (AvgIpc) is 2.85. The Kier molecular flexibility index (Phi) is 3.84. The summed E-state index contributed by atoms with van der Waals surface area (Å²) in [6.45, 7) is 4.24. The molecular formula is C16H21N3O2. The standard InChI is InChI=1S/C16H21N3O2/c1-10-7-14(8-11(2)21-10)17-13-5-3-12(4-6-13)15-9-16(20)19-18-15/h3-6,9-11,14,17H,7-8H2,1-2H3,(H2,18,19,20). The van der Waals surface area contributed by atoms with Gasteiger partial charge in [0.1, 0.15) is 0 Å². The molecule has 0 spiro atoms. The highest BCUT2D eigenvalue weighted by Gasteiger charge is 2.24. The molecule has 0 bridgehead atoms. The van der Waals surface area contributed by atoms with Gasteiger partial charge in [-0.15, -0.1) is 0 Å². The van der Waals surface area contributed by atoms with Gasteiger partial charge in [0.15, 0.2) is 0 Å². The fourth-order valence-corrected chi connectivity index (χ4v) is 2.99. The SMILES string of the molecule is CC1CC(Nc2ccc(-c3cc(=O)[nH][nH]3)cc2)CC(C)O1. The van der Waals surface area contributed by atoms with Crippen LogP contribution in [0.4, 0.5) is 5.69 Å². The molecule has 0 amide bonds. The van der Waals surface area contributed by atoms with Gasteiger partial charge in [-0.2, -0.15) is 0 Å². The number of hydrogen-bond donors (Lipinski definition) is 3. The van der Waals surface area contributed by atoms with Gasteiger partial charge in [0.25, 0.3) is 5.56 Å². The van der Waals surface area contributed by atoms with Gasteiger partial charge in [0.2, 0.25) is 0 Å². The van der Waals surface area contributed by atoms with Crippen LogP contribution in [0.25, 0.3) is 11.3 Å². The first-order valence-electron chi connectivity index (χ1n) is 7.40. The zero-order chi connectivity index (χ0) is 14.8. The van der Waals surface area contributed by atoms with Crippen LogP contribution >= 0.6 is 0 Å². The third-order valence-corrected chi connectivity index (χ3v) is 3.86. The van der Waals surface area contributed by atoms with Crippen molar-refractivity contribution in [3.63, 3.8) is 0 Å². The van der Waals surface area contributed by atoms with Crippen LogP contribution < -0.4 is 10.9 Å². The zero-order valence-corrected chi connectivity index (χ0v) is 12.3. The minimum Gasteiger partial charge on any atom is -0.382 e. The van der Waals surface area contributed by atoms with Crippen molar-refractivity contribution in [1.29, 1.82) is 0 Å². The lowest BCUT2D eigenvalue weighted by Gasteiger charge is -2.33. The van der Waals surface area contributed by atoms with Crippen LogP contribution in [0.15, 0.2) is 35.1 Å². The van der Waals surface area contributed by atoms with E-state index in [1.54, 1.807) is 6.07 Å². The first-order valence-corrected chi connectivity index (χ1v) is 7.40. The minimum absolute atomic E-state index is 0.114. The Bertz CT molecular complexity index is 634. The van der Waals surface area contributed by atoms with Crippen LogP contribution in [0.5, 0.6) is 0 Å². The summed E-state index contributed by atoms with van der Waals surface area (Å²) in [4.78, 5) is 11.1. The number of H-pyrrole nitrogens is 2. The number of benzene rings is 1. The molecule has 21 heavy (non-hydrogen) atoms. The summed E-state index contributed by atoms with van der Waals surface area (Å²) in [5.41, 5.74) is 2.78. The molecule has 2 unspecified atom stereocenters. The highest BCUT2D eigenvalue weighted by Crippen LogP contribution is 2.24. The Morgan fingerprint density at radius 3 is 2.33 bits per heavy atom. The Labute approximate surface area is 123 Å². The zero-order valence-electron chi connectivity index (χ0n) is 12.3. The Hall–Kier alpha value is -2.01. The molecule has 5 heteroatoms. The molecular weight excluding hydrogens is 266 g/mol. The Balaban J connectivity index is 1.68. The maximum Gasteiger partial charge on any atom is 0.264 e. The largest absolute Gasteiger partial charge is 0.382 e. The maximum absolute atomic E-state index is 11.1. The quantitative estimate of drug-likeness (QED) is 0.813. The van der Waals surface area contributed by atoms with Crippen LogP contribution in [0, 0.1) is 0 Å². The summed E-state index contributed by atoms with van der Waals surface area (Å²) < 4.78 is 5.76. The number of ether oxygens (including phenoxy) is 1. The molecule has 1 fully saturated rings. The highest BCUT2D eigenvalue weighted by molar-refractivity contribution is 5.62. The lowest BCUT2D eigenvalue weighted by molar-refractivity contribution is -0.0337. The Morgan fingerprint density at radius 1 is 1.10 bits per heavy atom. The van der Waals surface area contributed by atoms with Gasteiger partial charge in [0.05, 0.1) is 17.9 Å². The van der Waals surface area contributed by atoms with Crippen molar-refractivity contribution in [1.82, 2.24) is 10.2 Å². The lowest BCUT2D eigenvalue weighted by Crippen LogP contribution is -2.36. The van der Waals surface area contributed by atoms with Crippen LogP contribution in [-0.4, -0.2) is 28.4 Å². The maximum atomic E-state index is 11.1. The molecule has 112 valence electrons. The van der Waals surface area contributed by atoms with Crippen molar-refractivity contribution in [2.75, 3.05) is 5.32 Å². The predicted octanol–water partition coefficient (Wildman–Crippen LogP) is 2.74. The Morgan fingerprint density at radius 2 is 1.76 bits per heavy atom. The smallest absolute Gasteiger partial charge is 0.264 e. The molecule has 1 aromatic heterocycles. The molecule has 5 nitrogen and oxygen atoms in total. The van der Waals surface area contributed by atoms with Crippen molar-refractivity contribution in [3.8, 4) is 11.3 Å². The fraction of sp³-hybridized carbons (Fsp3) is 0.438. The number of aromatic amines is 2. The first-order chi connectivity index (χ1) is 10.1. The van der Waals surface area contributed by atoms with Gasteiger partial charge in [-0.1, -0.05) is 12.1 Å². The van der Waals surface area contributed by atoms with Crippen molar-refractivity contribution in [3.05, 3.63) is 40.7 Å². The van der Waals surface area contributed by atoms with E-state index in [0.717, 1.165) is 29.8 Å². The second-order valence-electron chi connectivity index (χ2n) is 5.82. The number of anilines is 1. The summed E-state index contributed by atoms with van der Waals surface area (Å²) in [6, 6.07) is 10.1. The molecule has 3 rings (SSSR count). The topological polar surface area (TPSA) is 69.9 Å². The average molecular weight is 287 g/mol. The van der Waals surface area contributed by atoms with E-state index < -0.39 is 0 Å². The van der Waals surface area contributed by atoms with E-state index in [1.807, 2.05) is 24.3 Å². The van der Waals surface area contributed by atoms with Gasteiger partial charge < -0.3 is 10.1 Å². The van der Waals surface area contributed by atoms with Crippen LogP contribution in [-0.2, 0) is 4.74 Å². The summed E-state index contributed by atoms with van der Waals surface area (Å²) in [6.07, 6.45) is 2.65. The molecule has 1 aliphatic heterocycles. The van der Waals surface area contributed by atoms with Gasteiger partial charge in [-0.05, 0) is 44.4 Å². The van der Waals surface area contributed by atoms with Crippen LogP contribution in [0.3, 0.4) is 0 Å². The van der Waals surface area contributed by atoms with Crippen molar-refractivity contribution < 1.29 is 4.74 Å². The van der Waals surface area contributed by atoms with E-state index >= 15 is 0 Å². The molecule has 0 radical (unpaired) electrons. The monoisotopic (exact) mass is 287 g/mol.